The zero-order valence-electron chi connectivity index (χ0n) is 6.03. The number of hydrogen-bond donors (Lipinski definition) is 0. The molecular formula is C9H3N2O. The van der Waals surface area contributed by atoms with Crippen LogP contribution < -0.4 is 0 Å². The van der Waals surface area contributed by atoms with Crippen molar-refractivity contribution < 1.29 is 4.79 Å². The van der Waals surface area contributed by atoms with E-state index in [9.17, 15) is 4.79 Å². The Labute approximate surface area is 69.5 Å². The standard InChI is InChI=1S/C9H3N2O/c10-4-7-2-1-3-8(6-12)9(7)5-11/h1-3H. The summed E-state index contributed by atoms with van der Waals surface area (Å²) >= 11 is 0. The molecule has 0 atom stereocenters. The van der Waals surface area contributed by atoms with Gasteiger partial charge in [-0.15, -0.1) is 0 Å². The van der Waals surface area contributed by atoms with Gasteiger partial charge in [0.25, 0.3) is 0 Å². The zero-order valence-corrected chi connectivity index (χ0v) is 6.03. The summed E-state index contributed by atoms with van der Waals surface area (Å²) in [6.07, 6.45) is 1.60. The third kappa shape index (κ3) is 1.16. The molecule has 0 aliphatic heterocycles. The third-order valence-electron chi connectivity index (χ3n) is 1.41. The van der Waals surface area contributed by atoms with Gasteiger partial charge in [0.2, 0.25) is 6.29 Å². The maximum atomic E-state index is 10.3. The largest absolute Gasteiger partial charge is 0.285 e. The number of carbonyl (C=O) groups excluding carboxylic acids is 1. The normalized spacial score (nSPS) is 8.17. The first kappa shape index (κ1) is 7.97. The summed E-state index contributed by atoms with van der Waals surface area (Å²) in [6.45, 7) is 0. The van der Waals surface area contributed by atoms with E-state index >= 15 is 0 Å². The van der Waals surface area contributed by atoms with Crippen molar-refractivity contribution in [2.75, 3.05) is 0 Å². The van der Waals surface area contributed by atoms with Crippen LogP contribution in [0.15, 0.2) is 18.2 Å². The van der Waals surface area contributed by atoms with E-state index in [0.29, 0.717) is 0 Å². The fraction of sp³-hybridized carbons (Fsp3) is 0. The van der Waals surface area contributed by atoms with Crippen molar-refractivity contribution in [1.82, 2.24) is 0 Å². The van der Waals surface area contributed by atoms with Crippen LogP contribution in [0.2, 0.25) is 0 Å². The number of rotatable bonds is 1. The van der Waals surface area contributed by atoms with Gasteiger partial charge in [-0.3, -0.25) is 4.79 Å². The van der Waals surface area contributed by atoms with Crippen LogP contribution in [-0.4, -0.2) is 6.29 Å². The van der Waals surface area contributed by atoms with Gasteiger partial charge in [0.1, 0.15) is 12.1 Å². The Bertz CT molecular complexity index is 396. The lowest BCUT2D eigenvalue weighted by Crippen LogP contribution is -1.91. The lowest BCUT2D eigenvalue weighted by molar-refractivity contribution is 0.562. The van der Waals surface area contributed by atoms with E-state index in [2.05, 4.69) is 0 Å². The first-order chi connectivity index (χ1) is 5.83. The molecule has 55 valence electrons. The summed E-state index contributed by atoms with van der Waals surface area (Å²) in [6, 6.07) is 8.08. The number of nitrogens with zero attached hydrogens (tertiary/aromatic N) is 2. The quantitative estimate of drug-likeness (QED) is 0.604. The van der Waals surface area contributed by atoms with Gasteiger partial charge in [-0.1, -0.05) is 6.07 Å². The Balaban J connectivity index is 3.47. The number of nitriles is 2. The molecule has 0 unspecified atom stereocenters. The van der Waals surface area contributed by atoms with Crippen LogP contribution in [0.5, 0.6) is 0 Å². The minimum Gasteiger partial charge on any atom is -0.285 e. The molecule has 0 aromatic heterocycles. The Kier molecular flexibility index (Phi) is 2.20. The molecule has 1 aromatic carbocycles. The van der Waals surface area contributed by atoms with Crippen LogP contribution in [0.1, 0.15) is 16.7 Å². The molecule has 3 nitrogen and oxygen atoms in total. The van der Waals surface area contributed by atoms with Crippen LogP contribution in [-0.2, 0) is 4.79 Å². The molecule has 0 spiro atoms. The zero-order chi connectivity index (χ0) is 8.97. The molecule has 0 saturated heterocycles. The Morgan fingerprint density at radius 3 is 2.25 bits per heavy atom. The Hall–Kier alpha value is -2.13. The molecule has 0 aliphatic carbocycles. The van der Waals surface area contributed by atoms with E-state index in [4.69, 9.17) is 10.5 Å². The fourth-order valence-corrected chi connectivity index (χ4v) is 0.851. The van der Waals surface area contributed by atoms with Crippen molar-refractivity contribution in [3.63, 3.8) is 0 Å². The van der Waals surface area contributed by atoms with Gasteiger partial charge in [0.15, 0.2) is 0 Å². The average Bonchev–Trinajstić information content (AvgIpc) is 2.16. The first-order valence-electron chi connectivity index (χ1n) is 3.15. The highest BCUT2D eigenvalue weighted by atomic mass is 16.1. The van der Waals surface area contributed by atoms with Crippen molar-refractivity contribution in [3.05, 3.63) is 34.9 Å². The van der Waals surface area contributed by atoms with Gasteiger partial charge in [-0.25, -0.2) is 0 Å². The maximum absolute atomic E-state index is 10.3. The summed E-state index contributed by atoms with van der Waals surface area (Å²) in [4.78, 5) is 10.3. The molecule has 0 fully saturated rings. The van der Waals surface area contributed by atoms with Gasteiger partial charge < -0.3 is 0 Å². The molecule has 0 N–H and O–H groups in total. The van der Waals surface area contributed by atoms with Crippen molar-refractivity contribution in [1.29, 1.82) is 10.5 Å². The summed E-state index contributed by atoms with van der Waals surface area (Å²) < 4.78 is 0. The molecule has 12 heavy (non-hydrogen) atoms. The number of hydrogen-bond acceptors (Lipinski definition) is 3. The molecule has 1 radical (unpaired) electrons. The molecule has 0 bridgehead atoms. The van der Waals surface area contributed by atoms with Gasteiger partial charge in [0, 0.05) is 5.56 Å². The van der Waals surface area contributed by atoms with Crippen molar-refractivity contribution in [2.24, 2.45) is 0 Å². The molecule has 0 amide bonds. The first-order valence-corrected chi connectivity index (χ1v) is 3.15. The lowest BCUT2D eigenvalue weighted by atomic mass is 10.0. The van der Waals surface area contributed by atoms with Crippen LogP contribution in [0.3, 0.4) is 0 Å². The van der Waals surface area contributed by atoms with Gasteiger partial charge in [0.05, 0.1) is 11.1 Å². The highest BCUT2D eigenvalue weighted by Crippen LogP contribution is 2.10. The van der Waals surface area contributed by atoms with E-state index < -0.39 is 0 Å². The molecule has 0 heterocycles. The molecule has 1 rings (SSSR count). The monoisotopic (exact) mass is 155 g/mol. The second-order valence-electron chi connectivity index (χ2n) is 2.05. The highest BCUT2D eigenvalue weighted by Gasteiger charge is 2.05. The summed E-state index contributed by atoms with van der Waals surface area (Å²) in [5.74, 6) is 0. The summed E-state index contributed by atoms with van der Waals surface area (Å²) in [5, 5.41) is 17.1. The molecule has 0 aliphatic rings. The Morgan fingerprint density at radius 2 is 1.75 bits per heavy atom. The Morgan fingerprint density at radius 1 is 1.08 bits per heavy atom. The van der Waals surface area contributed by atoms with Crippen molar-refractivity contribution in [2.45, 2.75) is 0 Å². The molecule has 3 heteroatoms. The maximum Gasteiger partial charge on any atom is 0.234 e. The second-order valence-corrected chi connectivity index (χ2v) is 2.05. The fourth-order valence-electron chi connectivity index (χ4n) is 0.851. The second kappa shape index (κ2) is 3.32. The smallest absolute Gasteiger partial charge is 0.234 e. The van der Waals surface area contributed by atoms with E-state index in [1.54, 1.807) is 18.4 Å². The molecule has 1 aromatic rings. The number of benzene rings is 1. The topological polar surface area (TPSA) is 64.7 Å². The van der Waals surface area contributed by atoms with E-state index in [1.165, 1.54) is 12.1 Å². The summed E-state index contributed by atoms with van der Waals surface area (Å²) in [7, 11) is 0. The van der Waals surface area contributed by atoms with Crippen LogP contribution in [0, 0.1) is 22.7 Å². The van der Waals surface area contributed by atoms with E-state index in [0.717, 1.165) is 0 Å². The van der Waals surface area contributed by atoms with Crippen LogP contribution in [0.4, 0.5) is 0 Å². The third-order valence-corrected chi connectivity index (χ3v) is 1.41. The molecule has 0 saturated carbocycles. The van der Waals surface area contributed by atoms with Gasteiger partial charge >= 0.3 is 0 Å². The minimum atomic E-state index is 0.0926. The molecular weight excluding hydrogens is 152 g/mol. The van der Waals surface area contributed by atoms with Crippen LogP contribution in [0.25, 0.3) is 0 Å². The highest BCUT2D eigenvalue weighted by molar-refractivity contribution is 5.81. The summed E-state index contributed by atoms with van der Waals surface area (Å²) in [5.41, 5.74) is 0.435. The van der Waals surface area contributed by atoms with Crippen LogP contribution >= 0.6 is 0 Å². The predicted molar refractivity (Wildman–Crippen MR) is 40.7 cm³/mol. The average molecular weight is 155 g/mol. The van der Waals surface area contributed by atoms with E-state index in [-0.39, 0.29) is 16.7 Å². The van der Waals surface area contributed by atoms with Gasteiger partial charge in [-0.05, 0) is 12.1 Å². The van der Waals surface area contributed by atoms with E-state index in [1.807, 2.05) is 6.07 Å². The predicted octanol–water partition coefficient (Wildman–Crippen LogP) is 0.888. The van der Waals surface area contributed by atoms with Gasteiger partial charge in [-0.2, -0.15) is 10.5 Å². The van der Waals surface area contributed by atoms with Crippen molar-refractivity contribution >= 4 is 6.29 Å². The minimum absolute atomic E-state index is 0.0926. The SMILES string of the molecule is N#Cc1cccc([C]=O)c1C#N. The van der Waals surface area contributed by atoms with Crippen molar-refractivity contribution in [3.8, 4) is 12.1 Å². The lowest BCUT2D eigenvalue weighted by Gasteiger charge is -1.94.